The second kappa shape index (κ2) is 7.72. The molecule has 1 fully saturated rings. The van der Waals surface area contributed by atoms with E-state index in [4.69, 9.17) is 4.74 Å². The number of carbonyl (C=O) groups is 1. The van der Waals surface area contributed by atoms with Gasteiger partial charge in [0.2, 0.25) is 5.01 Å². The Morgan fingerprint density at radius 1 is 1.38 bits per heavy atom. The molecule has 0 aliphatic carbocycles. The van der Waals surface area contributed by atoms with Gasteiger partial charge < -0.3 is 15.4 Å². The number of aromatic nitrogens is 2. The van der Waals surface area contributed by atoms with Gasteiger partial charge in [-0.1, -0.05) is 23.5 Å². The number of piperidine rings is 1. The monoisotopic (exact) mass is 346 g/mol. The van der Waals surface area contributed by atoms with E-state index in [1.165, 1.54) is 16.9 Å². The molecule has 1 aliphatic rings. The standard InChI is InChI=1S/C17H22N4O2S/c1-3-23-13-6-4-12(5-7-13)14-8-9-18-10-15(14)19-16(22)17-21-20-11(2)24-17/h4-7,14-15,18H,3,8-10H2,1-2H3,(H,19,22)/t14-,15-/m0/s1. The fourth-order valence-corrected chi connectivity index (χ4v) is 3.60. The molecule has 0 radical (unpaired) electrons. The second-order valence-corrected chi connectivity index (χ2v) is 6.99. The summed E-state index contributed by atoms with van der Waals surface area (Å²) in [6, 6.07) is 8.21. The summed E-state index contributed by atoms with van der Waals surface area (Å²) in [5.41, 5.74) is 1.22. The summed E-state index contributed by atoms with van der Waals surface area (Å²) in [6.07, 6.45) is 0.980. The fourth-order valence-electron chi connectivity index (χ4n) is 3.01. The topological polar surface area (TPSA) is 76.1 Å². The van der Waals surface area contributed by atoms with Crippen molar-refractivity contribution in [3.63, 3.8) is 0 Å². The Bertz CT molecular complexity index is 686. The molecule has 2 atom stereocenters. The summed E-state index contributed by atoms with van der Waals surface area (Å²) in [5, 5.41) is 15.5. The number of hydrogen-bond donors (Lipinski definition) is 2. The molecule has 1 aromatic carbocycles. The highest BCUT2D eigenvalue weighted by Gasteiger charge is 2.28. The van der Waals surface area contributed by atoms with E-state index in [2.05, 4.69) is 33.0 Å². The van der Waals surface area contributed by atoms with Crippen LogP contribution < -0.4 is 15.4 Å². The molecule has 1 saturated heterocycles. The van der Waals surface area contributed by atoms with Gasteiger partial charge in [-0.15, -0.1) is 10.2 Å². The van der Waals surface area contributed by atoms with Crippen molar-refractivity contribution in [2.75, 3.05) is 19.7 Å². The molecule has 2 N–H and O–H groups in total. The van der Waals surface area contributed by atoms with Crippen LogP contribution in [0.2, 0.25) is 0 Å². The first kappa shape index (κ1) is 16.9. The van der Waals surface area contributed by atoms with Gasteiger partial charge in [0.1, 0.15) is 10.8 Å². The summed E-state index contributed by atoms with van der Waals surface area (Å²) < 4.78 is 5.50. The van der Waals surface area contributed by atoms with Crippen molar-refractivity contribution in [1.82, 2.24) is 20.8 Å². The number of hydrogen-bond acceptors (Lipinski definition) is 6. The van der Waals surface area contributed by atoms with Crippen LogP contribution in [0.3, 0.4) is 0 Å². The van der Waals surface area contributed by atoms with E-state index in [1.54, 1.807) is 0 Å². The average Bonchev–Trinajstić information content (AvgIpc) is 3.03. The summed E-state index contributed by atoms with van der Waals surface area (Å²) in [7, 11) is 0. The van der Waals surface area contributed by atoms with Gasteiger partial charge in [0, 0.05) is 18.5 Å². The van der Waals surface area contributed by atoms with Crippen molar-refractivity contribution in [2.24, 2.45) is 0 Å². The van der Waals surface area contributed by atoms with E-state index in [0.29, 0.717) is 11.6 Å². The Morgan fingerprint density at radius 3 is 2.83 bits per heavy atom. The highest BCUT2D eigenvalue weighted by atomic mass is 32.1. The lowest BCUT2D eigenvalue weighted by Gasteiger charge is -2.33. The molecular weight excluding hydrogens is 324 g/mol. The Balaban J connectivity index is 1.72. The van der Waals surface area contributed by atoms with E-state index in [0.717, 1.165) is 30.3 Å². The number of aryl methyl sites for hydroxylation is 1. The third kappa shape index (κ3) is 3.91. The van der Waals surface area contributed by atoms with E-state index < -0.39 is 0 Å². The molecule has 0 spiro atoms. The highest BCUT2D eigenvalue weighted by Crippen LogP contribution is 2.27. The molecule has 24 heavy (non-hydrogen) atoms. The third-order valence-corrected chi connectivity index (χ3v) is 4.98. The van der Waals surface area contributed by atoms with Gasteiger partial charge in [-0.3, -0.25) is 4.79 Å². The summed E-state index contributed by atoms with van der Waals surface area (Å²) in [4.78, 5) is 12.4. The molecule has 0 saturated carbocycles. The maximum Gasteiger partial charge on any atom is 0.282 e. The molecule has 0 unspecified atom stereocenters. The van der Waals surface area contributed by atoms with Crippen molar-refractivity contribution >= 4 is 17.2 Å². The van der Waals surface area contributed by atoms with Crippen LogP contribution in [0.25, 0.3) is 0 Å². The number of benzene rings is 1. The highest BCUT2D eigenvalue weighted by molar-refractivity contribution is 7.13. The minimum Gasteiger partial charge on any atom is -0.494 e. The van der Waals surface area contributed by atoms with Crippen molar-refractivity contribution in [2.45, 2.75) is 32.2 Å². The molecule has 128 valence electrons. The number of nitrogens with zero attached hydrogens (tertiary/aromatic N) is 2. The van der Waals surface area contributed by atoms with E-state index in [9.17, 15) is 4.79 Å². The van der Waals surface area contributed by atoms with Gasteiger partial charge in [0.15, 0.2) is 0 Å². The zero-order valence-electron chi connectivity index (χ0n) is 13.9. The number of rotatable bonds is 5. The summed E-state index contributed by atoms with van der Waals surface area (Å²) in [6.45, 7) is 6.18. The quantitative estimate of drug-likeness (QED) is 0.867. The zero-order valence-corrected chi connectivity index (χ0v) is 14.7. The lowest BCUT2D eigenvalue weighted by Crippen LogP contribution is -2.50. The normalized spacial score (nSPS) is 20.6. The van der Waals surface area contributed by atoms with Crippen LogP contribution in [-0.2, 0) is 0 Å². The molecule has 1 aromatic heterocycles. The van der Waals surface area contributed by atoms with E-state index in [1.807, 2.05) is 26.0 Å². The smallest absolute Gasteiger partial charge is 0.282 e. The first-order valence-corrected chi connectivity index (χ1v) is 9.03. The Kier molecular flexibility index (Phi) is 5.42. The number of nitrogens with one attached hydrogen (secondary N) is 2. The van der Waals surface area contributed by atoms with Gasteiger partial charge >= 0.3 is 0 Å². The molecule has 6 nitrogen and oxygen atoms in total. The molecule has 2 heterocycles. The van der Waals surface area contributed by atoms with Gasteiger partial charge in [-0.2, -0.15) is 0 Å². The minimum absolute atomic E-state index is 0.0356. The van der Waals surface area contributed by atoms with Gasteiger partial charge in [-0.25, -0.2) is 0 Å². The lowest BCUT2D eigenvalue weighted by molar-refractivity contribution is 0.0923. The maximum atomic E-state index is 12.4. The number of ether oxygens (including phenoxy) is 1. The van der Waals surface area contributed by atoms with Crippen molar-refractivity contribution < 1.29 is 9.53 Å². The van der Waals surface area contributed by atoms with Crippen LogP contribution in [0.1, 0.15) is 39.6 Å². The van der Waals surface area contributed by atoms with Crippen LogP contribution >= 0.6 is 11.3 Å². The van der Waals surface area contributed by atoms with Crippen molar-refractivity contribution in [3.05, 3.63) is 39.8 Å². The number of amides is 1. The van der Waals surface area contributed by atoms with Gasteiger partial charge in [-0.05, 0) is 44.5 Å². The maximum absolute atomic E-state index is 12.4. The van der Waals surface area contributed by atoms with Crippen LogP contribution in [0.5, 0.6) is 5.75 Å². The van der Waals surface area contributed by atoms with Gasteiger partial charge in [0.25, 0.3) is 5.91 Å². The van der Waals surface area contributed by atoms with Crippen LogP contribution in [0.4, 0.5) is 0 Å². The Morgan fingerprint density at radius 2 is 2.17 bits per heavy atom. The lowest BCUT2D eigenvalue weighted by atomic mass is 9.86. The largest absolute Gasteiger partial charge is 0.494 e. The Labute approximate surface area is 145 Å². The van der Waals surface area contributed by atoms with E-state index >= 15 is 0 Å². The first-order valence-electron chi connectivity index (χ1n) is 8.22. The molecule has 1 amide bonds. The van der Waals surface area contributed by atoms with E-state index in [-0.39, 0.29) is 17.9 Å². The van der Waals surface area contributed by atoms with Crippen LogP contribution in [0.15, 0.2) is 24.3 Å². The molecule has 2 aromatic rings. The second-order valence-electron chi connectivity index (χ2n) is 5.81. The third-order valence-electron chi connectivity index (χ3n) is 4.14. The SMILES string of the molecule is CCOc1ccc([C@@H]2CCNC[C@@H]2NC(=O)c2nnc(C)s2)cc1. The van der Waals surface area contributed by atoms with Crippen molar-refractivity contribution in [3.8, 4) is 5.75 Å². The van der Waals surface area contributed by atoms with Crippen LogP contribution in [-0.4, -0.2) is 41.8 Å². The molecule has 0 bridgehead atoms. The summed E-state index contributed by atoms with van der Waals surface area (Å²) >= 11 is 1.32. The molecule has 1 aliphatic heterocycles. The molecule has 7 heteroatoms. The predicted octanol–water partition coefficient (Wildman–Crippen LogP) is 2.12. The molecule has 3 rings (SSSR count). The van der Waals surface area contributed by atoms with Gasteiger partial charge in [0.05, 0.1) is 6.61 Å². The zero-order chi connectivity index (χ0) is 16.9. The first-order chi connectivity index (χ1) is 11.7. The average molecular weight is 346 g/mol. The van der Waals surface area contributed by atoms with Crippen molar-refractivity contribution in [1.29, 1.82) is 0 Å². The fraction of sp³-hybridized carbons (Fsp3) is 0.471. The predicted molar refractivity (Wildman–Crippen MR) is 93.7 cm³/mol. The summed E-state index contributed by atoms with van der Waals surface area (Å²) in [5.74, 6) is 1.00. The number of carbonyl (C=O) groups excluding carboxylic acids is 1. The van der Waals surface area contributed by atoms with Crippen LogP contribution in [0, 0.1) is 6.92 Å². The molecular formula is C17H22N4O2S. The minimum atomic E-state index is -0.148. The Hall–Kier alpha value is -1.99.